The van der Waals surface area contributed by atoms with E-state index in [1.807, 2.05) is 5.01 Å². The highest BCUT2D eigenvalue weighted by Gasteiger charge is 2.13. The van der Waals surface area contributed by atoms with Crippen molar-refractivity contribution < 1.29 is 9.66 Å². The minimum atomic E-state index is -0.413. The summed E-state index contributed by atoms with van der Waals surface area (Å²) in [6.07, 6.45) is 0. The maximum atomic E-state index is 10.6. The van der Waals surface area contributed by atoms with E-state index >= 15 is 0 Å². The van der Waals surface area contributed by atoms with Crippen molar-refractivity contribution >= 4 is 27.3 Å². The van der Waals surface area contributed by atoms with Crippen LogP contribution in [0.1, 0.15) is 0 Å². The molecule has 0 saturated carbocycles. The Morgan fingerprint density at radius 1 is 1.41 bits per heavy atom. The van der Waals surface area contributed by atoms with Crippen LogP contribution in [0.2, 0.25) is 0 Å². The molecule has 0 spiro atoms. The van der Waals surface area contributed by atoms with E-state index in [0.29, 0.717) is 17.7 Å². The van der Waals surface area contributed by atoms with Gasteiger partial charge in [0, 0.05) is 29.7 Å². The van der Waals surface area contributed by atoms with E-state index in [1.54, 1.807) is 6.07 Å². The topological polar surface area (TPSA) is 67.6 Å². The lowest BCUT2D eigenvalue weighted by Crippen LogP contribution is -2.40. The smallest absolute Gasteiger partial charge is 0.270 e. The molecule has 0 aliphatic carbocycles. The third-order valence-corrected chi connectivity index (χ3v) is 3.11. The predicted octanol–water partition coefficient (Wildman–Crippen LogP) is 2.02. The lowest BCUT2D eigenvalue weighted by atomic mass is 10.3. The van der Waals surface area contributed by atoms with E-state index in [-0.39, 0.29) is 5.69 Å². The van der Waals surface area contributed by atoms with Crippen molar-refractivity contribution in [2.45, 2.75) is 0 Å². The molecule has 1 N–H and O–H groups in total. The molecule has 1 saturated heterocycles. The molecule has 0 atom stereocenters. The van der Waals surface area contributed by atoms with Gasteiger partial charge >= 0.3 is 0 Å². The van der Waals surface area contributed by atoms with Crippen LogP contribution in [0, 0.1) is 10.1 Å². The van der Waals surface area contributed by atoms with E-state index < -0.39 is 4.92 Å². The highest BCUT2D eigenvalue weighted by molar-refractivity contribution is 9.10. The van der Waals surface area contributed by atoms with E-state index in [0.717, 1.165) is 18.8 Å². The fourth-order valence-electron chi connectivity index (χ4n) is 1.55. The van der Waals surface area contributed by atoms with E-state index in [2.05, 4.69) is 21.4 Å². The second-order valence-corrected chi connectivity index (χ2v) is 4.49. The first kappa shape index (κ1) is 12.3. The van der Waals surface area contributed by atoms with Crippen LogP contribution in [0.5, 0.6) is 0 Å². The number of benzene rings is 1. The molecule has 92 valence electrons. The first-order chi connectivity index (χ1) is 8.16. The average molecular weight is 302 g/mol. The Kier molecular flexibility index (Phi) is 3.93. The van der Waals surface area contributed by atoms with Crippen molar-refractivity contribution in [3.63, 3.8) is 0 Å². The Morgan fingerprint density at radius 2 is 2.12 bits per heavy atom. The Labute approximate surface area is 107 Å². The zero-order chi connectivity index (χ0) is 12.3. The van der Waals surface area contributed by atoms with Gasteiger partial charge in [0.2, 0.25) is 0 Å². The molecular weight excluding hydrogens is 290 g/mol. The molecule has 7 heteroatoms. The summed E-state index contributed by atoms with van der Waals surface area (Å²) < 4.78 is 5.91. The standard InChI is InChI=1S/C10H12BrN3O3/c11-9-7-8(14(15)16)1-2-10(9)12-13-3-5-17-6-4-13/h1-2,7,12H,3-6H2. The second kappa shape index (κ2) is 5.44. The minimum absolute atomic E-state index is 0.0735. The van der Waals surface area contributed by atoms with Crippen LogP contribution in [-0.4, -0.2) is 36.2 Å². The number of nitro groups is 1. The summed E-state index contributed by atoms with van der Waals surface area (Å²) in [7, 11) is 0. The van der Waals surface area contributed by atoms with Crippen LogP contribution in [0.15, 0.2) is 22.7 Å². The molecule has 6 nitrogen and oxygen atoms in total. The fraction of sp³-hybridized carbons (Fsp3) is 0.400. The second-order valence-electron chi connectivity index (χ2n) is 3.63. The number of morpholine rings is 1. The average Bonchev–Trinajstić information content (AvgIpc) is 2.33. The summed E-state index contributed by atoms with van der Waals surface area (Å²) in [5, 5.41) is 12.6. The number of nitrogens with zero attached hydrogens (tertiary/aromatic N) is 2. The van der Waals surface area contributed by atoms with Crippen LogP contribution < -0.4 is 5.43 Å². The van der Waals surface area contributed by atoms with Crippen molar-refractivity contribution in [3.05, 3.63) is 32.8 Å². The molecule has 0 bridgehead atoms. The van der Waals surface area contributed by atoms with Crippen LogP contribution in [0.25, 0.3) is 0 Å². The van der Waals surface area contributed by atoms with Crippen molar-refractivity contribution in [2.75, 3.05) is 31.7 Å². The molecule has 1 aromatic rings. The van der Waals surface area contributed by atoms with Gasteiger partial charge in [-0.1, -0.05) is 0 Å². The van der Waals surface area contributed by atoms with Gasteiger partial charge in [-0.2, -0.15) is 0 Å². The van der Waals surface area contributed by atoms with Gasteiger partial charge in [0.1, 0.15) is 0 Å². The van der Waals surface area contributed by atoms with E-state index in [1.165, 1.54) is 12.1 Å². The molecule has 2 rings (SSSR count). The summed E-state index contributed by atoms with van der Waals surface area (Å²) in [6.45, 7) is 2.97. The number of hydrazine groups is 1. The molecule has 1 aliphatic rings. The maximum Gasteiger partial charge on any atom is 0.270 e. The number of rotatable bonds is 3. The maximum absolute atomic E-state index is 10.6. The first-order valence-corrected chi connectivity index (χ1v) is 5.99. The number of non-ortho nitro benzene ring substituents is 1. The van der Waals surface area contributed by atoms with Crippen molar-refractivity contribution in [3.8, 4) is 0 Å². The minimum Gasteiger partial charge on any atom is -0.379 e. The van der Waals surface area contributed by atoms with Gasteiger partial charge in [-0.25, -0.2) is 5.01 Å². The zero-order valence-corrected chi connectivity index (χ0v) is 10.6. The number of hydrogen-bond donors (Lipinski definition) is 1. The highest BCUT2D eigenvalue weighted by atomic mass is 79.9. The van der Waals surface area contributed by atoms with Crippen molar-refractivity contribution in [2.24, 2.45) is 0 Å². The van der Waals surface area contributed by atoms with Crippen LogP contribution in [-0.2, 0) is 4.74 Å². The Balaban J connectivity index is 2.08. The Bertz CT molecular complexity index is 421. The summed E-state index contributed by atoms with van der Waals surface area (Å²) in [5.74, 6) is 0. The molecule has 1 aliphatic heterocycles. The molecule has 0 radical (unpaired) electrons. The van der Waals surface area contributed by atoms with Gasteiger partial charge in [0.25, 0.3) is 5.69 Å². The first-order valence-electron chi connectivity index (χ1n) is 5.20. The summed E-state index contributed by atoms with van der Waals surface area (Å²) in [6, 6.07) is 4.66. The zero-order valence-electron chi connectivity index (χ0n) is 9.06. The number of nitro benzene ring substituents is 1. The Morgan fingerprint density at radius 3 is 2.71 bits per heavy atom. The van der Waals surface area contributed by atoms with Crippen LogP contribution >= 0.6 is 15.9 Å². The lowest BCUT2D eigenvalue weighted by Gasteiger charge is -2.28. The van der Waals surface area contributed by atoms with E-state index in [9.17, 15) is 10.1 Å². The molecule has 0 aromatic heterocycles. The number of anilines is 1. The van der Waals surface area contributed by atoms with E-state index in [4.69, 9.17) is 4.74 Å². The Hall–Kier alpha value is -1.18. The highest BCUT2D eigenvalue weighted by Crippen LogP contribution is 2.27. The lowest BCUT2D eigenvalue weighted by molar-refractivity contribution is -0.384. The molecule has 0 amide bonds. The summed E-state index contributed by atoms with van der Waals surface area (Å²) in [5.41, 5.74) is 4.09. The molecule has 1 aromatic carbocycles. The largest absolute Gasteiger partial charge is 0.379 e. The third kappa shape index (κ3) is 3.15. The van der Waals surface area contributed by atoms with Gasteiger partial charge < -0.3 is 10.2 Å². The molecular formula is C10H12BrN3O3. The van der Waals surface area contributed by atoms with Gasteiger partial charge in [0.15, 0.2) is 0 Å². The molecule has 1 fully saturated rings. The van der Waals surface area contributed by atoms with Crippen LogP contribution in [0.3, 0.4) is 0 Å². The quantitative estimate of drug-likeness (QED) is 0.683. The van der Waals surface area contributed by atoms with Gasteiger partial charge in [-0.3, -0.25) is 10.1 Å². The normalized spacial score (nSPS) is 16.8. The van der Waals surface area contributed by atoms with Gasteiger partial charge in [-0.05, 0) is 22.0 Å². The SMILES string of the molecule is O=[N+]([O-])c1ccc(NN2CCOCC2)c(Br)c1. The fourth-order valence-corrected chi connectivity index (χ4v) is 2.01. The van der Waals surface area contributed by atoms with Crippen molar-refractivity contribution in [1.82, 2.24) is 5.01 Å². The summed E-state index contributed by atoms with van der Waals surface area (Å²) in [4.78, 5) is 10.2. The molecule has 0 unspecified atom stereocenters. The van der Waals surface area contributed by atoms with Gasteiger partial charge in [-0.15, -0.1) is 0 Å². The van der Waals surface area contributed by atoms with Crippen LogP contribution in [0.4, 0.5) is 11.4 Å². The van der Waals surface area contributed by atoms with Crippen molar-refractivity contribution in [1.29, 1.82) is 0 Å². The molecule has 1 heterocycles. The molecule has 17 heavy (non-hydrogen) atoms. The number of ether oxygens (including phenoxy) is 1. The monoisotopic (exact) mass is 301 g/mol. The predicted molar refractivity (Wildman–Crippen MR) is 66.8 cm³/mol. The third-order valence-electron chi connectivity index (χ3n) is 2.45. The number of nitrogens with one attached hydrogen (secondary N) is 1. The number of halogens is 1. The van der Waals surface area contributed by atoms with Gasteiger partial charge in [0.05, 0.1) is 23.8 Å². The summed E-state index contributed by atoms with van der Waals surface area (Å²) >= 11 is 3.32. The number of hydrogen-bond acceptors (Lipinski definition) is 5.